The number of rotatable bonds is 7. The lowest BCUT2D eigenvalue weighted by Gasteiger charge is -2.51. The molecule has 0 aromatic heterocycles. The number of carbonyl (C=O) groups is 1. The Kier molecular flexibility index (Phi) is 7.90. The van der Waals surface area contributed by atoms with Gasteiger partial charge in [-0.25, -0.2) is 12.8 Å². The van der Waals surface area contributed by atoms with Crippen LogP contribution in [-0.2, 0) is 19.4 Å². The summed E-state index contributed by atoms with van der Waals surface area (Å²) in [6.07, 6.45) is 0.412. The van der Waals surface area contributed by atoms with Crippen LogP contribution in [0.3, 0.4) is 0 Å². The molecule has 0 bridgehead atoms. The largest absolute Gasteiger partial charge is 0.354 e. The van der Waals surface area contributed by atoms with Gasteiger partial charge in [0.1, 0.15) is 11.9 Å². The maximum atomic E-state index is 14.8. The number of hydrogen-bond acceptors (Lipinski definition) is 5. The fourth-order valence-corrected chi connectivity index (χ4v) is 6.63. The summed E-state index contributed by atoms with van der Waals surface area (Å²) in [5.74, 6) is -1.49. The molecular formula is C28H31Cl2FN2O4S. The summed E-state index contributed by atoms with van der Waals surface area (Å²) in [5, 5.41) is 9.97. The Bertz CT molecular complexity index is 1380. The molecule has 0 radical (unpaired) electrons. The van der Waals surface area contributed by atoms with Crippen LogP contribution in [0.15, 0.2) is 42.5 Å². The lowest BCUT2D eigenvalue weighted by molar-refractivity contribution is -0.201. The number of carbonyl (C=O) groups excluding carboxylic acids is 1. The van der Waals surface area contributed by atoms with Crippen LogP contribution < -0.4 is 0 Å². The van der Waals surface area contributed by atoms with Gasteiger partial charge >= 0.3 is 0 Å². The van der Waals surface area contributed by atoms with Gasteiger partial charge in [0.2, 0.25) is 0 Å². The van der Waals surface area contributed by atoms with E-state index in [1.807, 2.05) is 6.07 Å². The molecular weight excluding hydrogens is 550 g/mol. The second kappa shape index (κ2) is 10.4. The molecule has 204 valence electrons. The van der Waals surface area contributed by atoms with Crippen molar-refractivity contribution in [2.45, 2.75) is 75.5 Å². The van der Waals surface area contributed by atoms with E-state index < -0.39 is 50.1 Å². The van der Waals surface area contributed by atoms with Crippen LogP contribution >= 0.6 is 23.2 Å². The third-order valence-electron chi connectivity index (χ3n) is 7.39. The van der Waals surface area contributed by atoms with Gasteiger partial charge in [-0.3, -0.25) is 4.79 Å². The molecule has 1 aliphatic heterocycles. The van der Waals surface area contributed by atoms with Crippen LogP contribution in [0.2, 0.25) is 10.0 Å². The van der Waals surface area contributed by atoms with Crippen molar-refractivity contribution in [3.8, 4) is 6.07 Å². The number of hydrogen-bond donors (Lipinski definition) is 0. The Balaban J connectivity index is 1.96. The molecule has 2 fully saturated rings. The van der Waals surface area contributed by atoms with Crippen LogP contribution in [0, 0.1) is 23.1 Å². The number of sulfone groups is 1. The predicted molar refractivity (Wildman–Crippen MR) is 145 cm³/mol. The molecule has 4 rings (SSSR count). The zero-order valence-electron chi connectivity index (χ0n) is 21.7. The van der Waals surface area contributed by atoms with Gasteiger partial charge in [-0.15, -0.1) is 0 Å². The van der Waals surface area contributed by atoms with Crippen LogP contribution in [-0.4, -0.2) is 41.4 Å². The van der Waals surface area contributed by atoms with Crippen LogP contribution in [0.5, 0.6) is 0 Å². The van der Waals surface area contributed by atoms with E-state index in [9.17, 15) is 22.9 Å². The Morgan fingerprint density at radius 1 is 1.18 bits per heavy atom. The standard InChI is InChI=1S/C28H31Cl2FN2O4S/c1-27(2,3)38(35,36)16-23(17-8-9-17)33-24(18-10-11-21(30)22(31)15-18)25(19-6-5-7-20(29)14-19)37-28(4,12-13-32)26(33)34/h5-7,10-11,14-15,17,23-25H,8-9,12,16H2,1-4H3/t23?,24?,25?,28-/m0/s1. The zero-order valence-corrected chi connectivity index (χ0v) is 24.1. The van der Waals surface area contributed by atoms with Crippen molar-refractivity contribution in [3.05, 3.63) is 69.5 Å². The lowest BCUT2D eigenvalue weighted by atomic mass is 9.86. The lowest BCUT2D eigenvalue weighted by Crippen LogP contribution is -2.62. The fraction of sp³-hybridized carbons (Fsp3) is 0.500. The van der Waals surface area contributed by atoms with Gasteiger partial charge in [0.05, 0.1) is 34.1 Å². The molecule has 2 aromatic carbocycles. The molecule has 1 aliphatic carbocycles. The normalized spacial score (nSPS) is 25.2. The second-order valence-electron chi connectivity index (χ2n) is 11.3. The Morgan fingerprint density at radius 2 is 1.87 bits per heavy atom. The van der Waals surface area contributed by atoms with E-state index in [1.165, 1.54) is 12.1 Å². The molecule has 1 amide bonds. The Morgan fingerprint density at radius 3 is 2.42 bits per heavy atom. The highest BCUT2D eigenvalue weighted by atomic mass is 35.5. The fourth-order valence-electron chi connectivity index (χ4n) is 4.93. The third kappa shape index (κ3) is 5.58. The molecule has 3 unspecified atom stereocenters. The summed E-state index contributed by atoms with van der Waals surface area (Å²) in [7, 11) is -3.65. The van der Waals surface area contributed by atoms with Gasteiger partial charge in [0.15, 0.2) is 15.4 Å². The van der Waals surface area contributed by atoms with E-state index in [0.717, 1.165) is 12.8 Å². The van der Waals surface area contributed by atoms with Crippen molar-refractivity contribution in [2.75, 3.05) is 5.75 Å². The topological polar surface area (TPSA) is 87.5 Å². The smallest absolute Gasteiger partial charge is 0.256 e. The van der Waals surface area contributed by atoms with Crippen LogP contribution in [0.1, 0.15) is 70.2 Å². The van der Waals surface area contributed by atoms with Gasteiger partial charge in [0, 0.05) is 11.1 Å². The Hall–Kier alpha value is -2.18. The van der Waals surface area contributed by atoms with Crippen molar-refractivity contribution in [3.63, 3.8) is 0 Å². The minimum Gasteiger partial charge on any atom is -0.354 e. The number of morpholine rings is 1. The van der Waals surface area contributed by atoms with E-state index in [2.05, 4.69) is 0 Å². The summed E-state index contributed by atoms with van der Waals surface area (Å²) < 4.78 is 47.1. The number of halogens is 3. The molecule has 1 saturated carbocycles. The van der Waals surface area contributed by atoms with Gasteiger partial charge in [0.25, 0.3) is 5.91 Å². The van der Waals surface area contributed by atoms with Crippen molar-refractivity contribution < 1.29 is 22.3 Å². The maximum Gasteiger partial charge on any atom is 0.256 e. The van der Waals surface area contributed by atoms with Crippen LogP contribution in [0.4, 0.5) is 4.39 Å². The third-order valence-corrected chi connectivity index (χ3v) is 10.6. The SMILES string of the molecule is CC(C)(C)S(=O)(=O)CC(C1CC1)N1C(=O)[C@](C)(CC#N)OC(c2cccc(Cl)c2)C1c1ccc(Cl)c(F)c1. The Labute approximate surface area is 233 Å². The summed E-state index contributed by atoms with van der Waals surface area (Å²) in [6.45, 7) is 6.44. The molecule has 1 saturated heterocycles. The van der Waals surface area contributed by atoms with Crippen molar-refractivity contribution >= 4 is 38.9 Å². The molecule has 0 N–H and O–H groups in total. The van der Waals surface area contributed by atoms with Gasteiger partial charge in [-0.05, 0) is 81.8 Å². The molecule has 10 heteroatoms. The predicted octanol–water partition coefficient (Wildman–Crippen LogP) is 6.44. The molecule has 2 aromatic rings. The highest BCUT2D eigenvalue weighted by Gasteiger charge is 2.56. The second-order valence-corrected chi connectivity index (χ2v) is 14.9. The van der Waals surface area contributed by atoms with Crippen molar-refractivity contribution in [2.24, 2.45) is 5.92 Å². The molecule has 6 nitrogen and oxygen atoms in total. The van der Waals surface area contributed by atoms with Gasteiger partial charge in [-0.2, -0.15) is 5.26 Å². The van der Waals surface area contributed by atoms with Gasteiger partial charge in [-0.1, -0.05) is 41.4 Å². The van der Waals surface area contributed by atoms with Crippen molar-refractivity contribution in [1.82, 2.24) is 4.90 Å². The number of nitriles is 1. The van der Waals surface area contributed by atoms with E-state index in [1.54, 1.807) is 62.9 Å². The zero-order chi connectivity index (χ0) is 28.0. The summed E-state index contributed by atoms with van der Waals surface area (Å²) >= 11 is 12.3. The first-order chi connectivity index (χ1) is 17.7. The quantitative estimate of drug-likeness (QED) is 0.376. The monoisotopic (exact) mass is 580 g/mol. The summed E-state index contributed by atoms with van der Waals surface area (Å²) in [4.78, 5) is 15.8. The molecule has 38 heavy (non-hydrogen) atoms. The minimum absolute atomic E-state index is 0.0554. The minimum atomic E-state index is -3.65. The first kappa shape index (κ1) is 28.8. The number of benzene rings is 2. The molecule has 1 heterocycles. The van der Waals surface area contributed by atoms with Crippen LogP contribution in [0.25, 0.3) is 0 Å². The van der Waals surface area contributed by atoms with Gasteiger partial charge < -0.3 is 9.64 Å². The van der Waals surface area contributed by atoms with E-state index in [4.69, 9.17) is 27.9 Å². The molecule has 2 aliphatic rings. The number of ether oxygens (including phenoxy) is 1. The molecule has 0 spiro atoms. The van der Waals surface area contributed by atoms with E-state index in [0.29, 0.717) is 16.1 Å². The van der Waals surface area contributed by atoms with E-state index in [-0.39, 0.29) is 23.1 Å². The first-order valence-corrected chi connectivity index (χ1v) is 14.9. The summed E-state index contributed by atoms with van der Waals surface area (Å²) in [5.41, 5.74) is -0.530. The summed E-state index contributed by atoms with van der Waals surface area (Å²) in [6, 6.07) is 11.7. The average molecular weight is 582 g/mol. The van der Waals surface area contributed by atoms with Crippen molar-refractivity contribution in [1.29, 1.82) is 5.26 Å². The first-order valence-electron chi connectivity index (χ1n) is 12.5. The van der Waals surface area contributed by atoms with E-state index >= 15 is 0 Å². The highest BCUT2D eigenvalue weighted by Crippen LogP contribution is 2.51. The molecule has 4 atom stereocenters. The highest BCUT2D eigenvalue weighted by molar-refractivity contribution is 7.92. The average Bonchev–Trinajstić information content (AvgIpc) is 3.66. The number of nitrogens with zero attached hydrogens (tertiary/aromatic N) is 2. The maximum absolute atomic E-state index is 14.8. The number of amides is 1.